The van der Waals surface area contributed by atoms with Crippen molar-refractivity contribution < 1.29 is 14.6 Å². The van der Waals surface area contributed by atoms with Crippen molar-refractivity contribution in [1.29, 1.82) is 0 Å². The molecule has 2 atom stereocenters. The highest BCUT2D eigenvalue weighted by molar-refractivity contribution is 4.69. The molecule has 0 amide bonds. The van der Waals surface area contributed by atoms with Crippen molar-refractivity contribution in [3.8, 4) is 0 Å². The number of rotatable bonds is 6. The molecule has 1 aliphatic heterocycles. The summed E-state index contributed by atoms with van der Waals surface area (Å²) in [5, 5.41) is 12.9. The lowest BCUT2D eigenvalue weighted by molar-refractivity contribution is -0.0479. The zero-order valence-electron chi connectivity index (χ0n) is 10.7. The van der Waals surface area contributed by atoms with E-state index in [-0.39, 0.29) is 5.60 Å². The fraction of sp³-hybridized carbons (Fsp3) is 1.00. The SMILES string of the molecule is CC(C)(C)OCC(O)CNCC1CCOC1. The predicted octanol–water partition coefficient (Wildman–Crippen LogP) is 0.788. The molecule has 0 aromatic heterocycles. The lowest BCUT2D eigenvalue weighted by atomic mass is 10.1. The molecule has 1 fully saturated rings. The Kier molecular flexibility index (Phi) is 5.69. The minimum absolute atomic E-state index is 0.180. The summed E-state index contributed by atoms with van der Waals surface area (Å²) in [7, 11) is 0. The Hall–Kier alpha value is -0.160. The molecule has 1 heterocycles. The summed E-state index contributed by atoms with van der Waals surface area (Å²) in [6, 6.07) is 0. The molecule has 96 valence electrons. The van der Waals surface area contributed by atoms with E-state index in [0.29, 0.717) is 19.1 Å². The van der Waals surface area contributed by atoms with Crippen LogP contribution in [0, 0.1) is 5.92 Å². The number of aliphatic hydroxyl groups excluding tert-OH is 1. The van der Waals surface area contributed by atoms with Crippen molar-refractivity contribution in [2.75, 3.05) is 32.9 Å². The van der Waals surface area contributed by atoms with Gasteiger partial charge in [-0.15, -0.1) is 0 Å². The van der Waals surface area contributed by atoms with Gasteiger partial charge in [-0.2, -0.15) is 0 Å². The van der Waals surface area contributed by atoms with Gasteiger partial charge in [-0.05, 0) is 33.1 Å². The first-order chi connectivity index (χ1) is 7.47. The maximum Gasteiger partial charge on any atom is 0.0897 e. The molecular weight excluding hydrogens is 206 g/mol. The molecule has 4 heteroatoms. The minimum Gasteiger partial charge on any atom is -0.389 e. The Balaban J connectivity index is 1.99. The lowest BCUT2D eigenvalue weighted by Gasteiger charge is -2.22. The standard InChI is InChI=1S/C12H25NO3/c1-12(2,3)16-9-11(14)7-13-6-10-4-5-15-8-10/h10-11,13-14H,4-9H2,1-3H3. The molecule has 2 N–H and O–H groups in total. The van der Waals surface area contributed by atoms with Crippen LogP contribution in [-0.4, -0.2) is 49.7 Å². The summed E-state index contributed by atoms with van der Waals surface area (Å²) in [6.45, 7) is 9.59. The van der Waals surface area contributed by atoms with E-state index >= 15 is 0 Å². The summed E-state index contributed by atoms with van der Waals surface area (Å²) in [5.74, 6) is 0.607. The summed E-state index contributed by atoms with van der Waals surface area (Å²) in [4.78, 5) is 0. The van der Waals surface area contributed by atoms with Gasteiger partial charge < -0.3 is 19.9 Å². The Bertz CT molecular complexity index is 185. The van der Waals surface area contributed by atoms with Crippen LogP contribution < -0.4 is 5.32 Å². The number of aliphatic hydroxyl groups is 1. The van der Waals surface area contributed by atoms with Crippen LogP contribution in [0.15, 0.2) is 0 Å². The third-order valence-corrected chi connectivity index (χ3v) is 2.55. The molecule has 0 aliphatic carbocycles. The van der Waals surface area contributed by atoms with E-state index in [4.69, 9.17) is 9.47 Å². The highest BCUT2D eigenvalue weighted by Gasteiger charge is 2.16. The Morgan fingerprint density at radius 2 is 2.25 bits per heavy atom. The van der Waals surface area contributed by atoms with Crippen LogP contribution in [0.5, 0.6) is 0 Å². The number of ether oxygens (including phenoxy) is 2. The average Bonchev–Trinajstić information content (AvgIpc) is 2.66. The molecule has 1 saturated heterocycles. The third-order valence-electron chi connectivity index (χ3n) is 2.55. The quantitative estimate of drug-likeness (QED) is 0.709. The zero-order chi connectivity index (χ0) is 12.0. The summed E-state index contributed by atoms with van der Waals surface area (Å²) in [5.41, 5.74) is -0.180. The molecule has 0 spiro atoms. The Labute approximate surface area is 98.3 Å². The Morgan fingerprint density at radius 1 is 1.50 bits per heavy atom. The van der Waals surface area contributed by atoms with E-state index < -0.39 is 6.10 Å². The highest BCUT2D eigenvalue weighted by atomic mass is 16.5. The van der Waals surface area contributed by atoms with Crippen LogP contribution >= 0.6 is 0 Å². The van der Waals surface area contributed by atoms with Gasteiger partial charge in [0.2, 0.25) is 0 Å². The van der Waals surface area contributed by atoms with E-state index in [0.717, 1.165) is 26.2 Å². The van der Waals surface area contributed by atoms with Crippen molar-refractivity contribution in [3.63, 3.8) is 0 Å². The van der Waals surface area contributed by atoms with Crippen LogP contribution in [0.4, 0.5) is 0 Å². The van der Waals surface area contributed by atoms with Gasteiger partial charge in [-0.1, -0.05) is 0 Å². The molecule has 4 nitrogen and oxygen atoms in total. The Morgan fingerprint density at radius 3 is 2.81 bits per heavy atom. The van der Waals surface area contributed by atoms with Crippen LogP contribution in [0.3, 0.4) is 0 Å². The molecule has 1 aliphatic rings. The molecule has 2 unspecified atom stereocenters. The van der Waals surface area contributed by atoms with Crippen LogP contribution in [0.1, 0.15) is 27.2 Å². The monoisotopic (exact) mass is 231 g/mol. The van der Waals surface area contributed by atoms with Crippen LogP contribution in [0.25, 0.3) is 0 Å². The molecule has 0 bridgehead atoms. The maximum absolute atomic E-state index is 9.67. The van der Waals surface area contributed by atoms with Crippen molar-refractivity contribution in [2.45, 2.75) is 38.9 Å². The minimum atomic E-state index is -0.429. The zero-order valence-corrected chi connectivity index (χ0v) is 10.7. The first-order valence-electron chi connectivity index (χ1n) is 6.08. The van der Waals surface area contributed by atoms with Gasteiger partial charge in [-0.3, -0.25) is 0 Å². The van der Waals surface area contributed by atoms with Gasteiger partial charge in [0.05, 0.1) is 24.9 Å². The van der Waals surface area contributed by atoms with Gasteiger partial charge in [0.15, 0.2) is 0 Å². The smallest absolute Gasteiger partial charge is 0.0897 e. The summed E-state index contributed by atoms with van der Waals surface area (Å²) in [6.07, 6.45) is 0.697. The lowest BCUT2D eigenvalue weighted by Crippen LogP contribution is -2.35. The number of hydrogen-bond donors (Lipinski definition) is 2. The van der Waals surface area contributed by atoms with Crippen molar-refractivity contribution in [3.05, 3.63) is 0 Å². The van der Waals surface area contributed by atoms with E-state index in [2.05, 4.69) is 5.32 Å². The molecule has 0 radical (unpaired) electrons. The third kappa shape index (κ3) is 6.43. The molecular formula is C12H25NO3. The van der Waals surface area contributed by atoms with Gasteiger partial charge in [0.1, 0.15) is 0 Å². The molecule has 16 heavy (non-hydrogen) atoms. The van der Waals surface area contributed by atoms with Gasteiger partial charge in [-0.25, -0.2) is 0 Å². The molecule has 0 aromatic rings. The van der Waals surface area contributed by atoms with Gasteiger partial charge in [0, 0.05) is 19.7 Å². The second-order valence-corrected chi connectivity index (χ2v) is 5.47. The normalized spacial score (nSPS) is 23.6. The van der Waals surface area contributed by atoms with E-state index in [9.17, 15) is 5.11 Å². The van der Waals surface area contributed by atoms with E-state index in [1.54, 1.807) is 0 Å². The van der Waals surface area contributed by atoms with E-state index in [1.165, 1.54) is 0 Å². The fourth-order valence-corrected chi connectivity index (χ4v) is 1.60. The molecule has 0 aromatic carbocycles. The first kappa shape index (κ1) is 13.9. The van der Waals surface area contributed by atoms with Crippen LogP contribution in [-0.2, 0) is 9.47 Å². The topological polar surface area (TPSA) is 50.7 Å². The summed E-state index contributed by atoms with van der Waals surface area (Å²) >= 11 is 0. The average molecular weight is 231 g/mol. The van der Waals surface area contributed by atoms with Gasteiger partial charge in [0.25, 0.3) is 0 Å². The fourth-order valence-electron chi connectivity index (χ4n) is 1.60. The maximum atomic E-state index is 9.67. The number of nitrogens with one attached hydrogen (secondary N) is 1. The highest BCUT2D eigenvalue weighted by Crippen LogP contribution is 2.10. The van der Waals surface area contributed by atoms with E-state index in [1.807, 2.05) is 20.8 Å². The second kappa shape index (κ2) is 6.55. The number of hydrogen-bond acceptors (Lipinski definition) is 4. The van der Waals surface area contributed by atoms with Crippen molar-refractivity contribution >= 4 is 0 Å². The molecule has 0 saturated carbocycles. The van der Waals surface area contributed by atoms with Crippen LogP contribution in [0.2, 0.25) is 0 Å². The summed E-state index contributed by atoms with van der Waals surface area (Å²) < 4.78 is 10.8. The van der Waals surface area contributed by atoms with Crippen molar-refractivity contribution in [1.82, 2.24) is 5.32 Å². The second-order valence-electron chi connectivity index (χ2n) is 5.47. The van der Waals surface area contributed by atoms with Crippen molar-refractivity contribution in [2.24, 2.45) is 5.92 Å². The largest absolute Gasteiger partial charge is 0.389 e. The predicted molar refractivity (Wildman–Crippen MR) is 63.5 cm³/mol. The molecule has 1 rings (SSSR count). The first-order valence-corrected chi connectivity index (χ1v) is 6.08. The van der Waals surface area contributed by atoms with Gasteiger partial charge >= 0.3 is 0 Å².